The number of likely N-dealkylation sites (tertiary alicyclic amines) is 1. The highest BCUT2D eigenvalue weighted by atomic mass is 15.2. The third-order valence-corrected chi connectivity index (χ3v) is 2.54. The predicted molar refractivity (Wildman–Crippen MR) is 73.8 cm³/mol. The summed E-state index contributed by atoms with van der Waals surface area (Å²) < 4.78 is 0. The topological polar surface area (TPSA) is 15.6 Å². The van der Waals surface area contributed by atoms with E-state index < -0.39 is 0 Å². The van der Waals surface area contributed by atoms with Gasteiger partial charge in [-0.15, -0.1) is 0 Å². The van der Waals surface area contributed by atoms with Crippen LogP contribution >= 0.6 is 0 Å². The van der Waals surface area contributed by atoms with E-state index in [0.29, 0.717) is 0 Å². The first-order valence-electron chi connectivity index (χ1n) is 6.23. The van der Waals surface area contributed by atoms with Crippen LogP contribution in [0.2, 0.25) is 0 Å². The summed E-state index contributed by atoms with van der Waals surface area (Å²) in [5, 5.41) is 0. The Hall–Kier alpha value is -1.05. The molecule has 0 aromatic rings. The van der Waals surface area contributed by atoms with Gasteiger partial charge in [0.15, 0.2) is 0 Å². The normalized spacial score (nSPS) is 17.4. The summed E-state index contributed by atoms with van der Waals surface area (Å²) in [5.41, 5.74) is 0. The van der Waals surface area contributed by atoms with Gasteiger partial charge in [0.05, 0.1) is 0 Å². The second-order valence-corrected chi connectivity index (χ2v) is 4.30. The largest absolute Gasteiger partial charge is 0.357 e. The van der Waals surface area contributed by atoms with Crippen molar-refractivity contribution in [1.82, 2.24) is 4.90 Å². The number of aliphatic imine (C=N–C) groups is 1. The Balaban J connectivity index is 0.000000673. The number of hydrogen-bond acceptors (Lipinski definition) is 2. The predicted octanol–water partition coefficient (Wildman–Crippen LogP) is 3.86. The standard InChI is InChI=1S/C11H18N2.C3H8/c1-4-5-11(12-3)13-8-6-10(2)7-9-13;1-3-2/h4-5,10H,1,3,6-9H2,2H3;3H2,1-2H3/b11-5+;. The fraction of sp³-hybridized carbons (Fsp3) is 0.643. The lowest BCUT2D eigenvalue weighted by atomic mass is 9.99. The lowest BCUT2D eigenvalue weighted by Crippen LogP contribution is -2.31. The van der Waals surface area contributed by atoms with Gasteiger partial charge in [0.2, 0.25) is 0 Å². The summed E-state index contributed by atoms with van der Waals surface area (Å²) in [6, 6.07) is 0. The van der Waals surface area contributed by atoms with Gasteiger partial charge in [-0.2, -0.15) is 0 Å². The summed E-state index contributed by atoms with van der Waals surface area (Å²) in [7, 11) is 0. The summed E-state index contributed by atoms with van der Waals surface area (Å²) >= 11 is 0. The van der Waals surface area contributed by atoms with Gasteiger partial charge < -0.3 is 4.90 Å². The molecule has 2 nitrogen and oxygen atoms in total. The zero-order valence-electron chi connectivity index (χ0n) is 11.1. The monoisotopic (exact) mass is 222 g/mol. The molecule has 1 aliphatic heterocycles. The van der Waals surface area contributed by atoms with E-state index in [0.717, 1.165) is 24.8 Å². The molecule has 0 spiro atoms. The van der Waals surface area contributed by atoms with Gasteiger partial charge in [0.25, 0.3) is 0 Å². The molecule has 1 fully saturated rings. The average molecular weight is 222 g/mol. The molecule has 1 heterocycles. The summed E-state index contributed by atoms with van der Waals surface area (Å²) in [6.45, 7) is 16.0. The second kappa shape index (κ2) is 9.20. The van der Waals surface area contributed by atoms with Gasteiger partial charge in [-0.05, 0) is 31.6 Å². The molecule has 0 N–H and O–H groups in total. The van der Waals surface area contributed by atoms with Crippen LogP contribution in [0, 0.1) is 5.92 Å². The maximum Gasteiger partial charge on any atom is 0.127 e. The van der Waals surface area contributed by atoms with Gasteiger partial charge >= 0.3 is 0 Å². The van der Waals surface area contributed by atoms with E-state index in [1.54, 1.807) is 6.08 Å². The number of rotatable bonds is 3. The third-order valence-electron chi connectivity index (χ3n) is 2.54. The SMILES string of the molecule is C=C/C=C(\N=C)N1CCC(C)CC1.CCC. The Bertz CT molecular complexity index is 223. The molecule has 0 aliphatic carbocycles. The molecule has 92 valence electrons. The Morgan fingerprint density at radius 3 is 2.25 bits per heavy atom. The number of nitrogens with zero attached hydrogens (tertiary/aromatic N) is 2. The molecule has 0 aromatic heterocycles. The van der Waals surface area contributed by atoms with Crippen molar-refractivity contribution in [2.75, 3.05) is 13.1 Å². The van der Waals surface area contributed by atoms with Crippen molar-refractivity contribution in [2.45, 2.75) is 40.0 Å². The van der Waals surface area contributed by atoms with Crippen LogP contribution in [-0.4, -0.2) is 24.7 Å². The molecule has 1 saturated heterocycles. The Morgan fingerprint density at radius 1 is 1.38 bits per heavy atom. The zero-order valence-corrected chi connectivity index (χ0v) is 11.1. The molecule has 0 atom stereocenters. The van der Waals surface area contributed by atoms with Crippen LogP contribution in [0.4, 0.5) is 0 Å². The van der Waals surface area contributed by atoms with E-state index in [1.807, 2.05) is 6.08 Å². The van der Waals surface area contributed by atoms with E-state index >= 15 is 0 Å². The van der Waals surface area contributed by atoms with E-state index in [2.05, 4.69) is 44.0 Å². The van der Waals surface area contributed by atoms with Gasteiger partial charge in [0.1, 0.15) is 5.82 Å². The molecule has 0 unspecified atom stereocenters. The van der Waals surface area contributed by atoms with Gasteiger partial charge in [-0.1, -0.05) is 39.8 Å². The Morgan fingerprint density at radius 2 is 1.88 bits per heavy atom. The first-order valence-corrected chi connectivity index (χ1v) is 6.23. The lowest BCUT2D eigenvalue weighted by molar-refractivity contribution is 0.236. The Labute approximate surface area is 101 Å². The van der Waals surface area contributed by atoms with Gasteiger partial charge in [-0.3, -0.25) is 0 Å². The van der Waals surface area contributed by atoms with Crippen molar-refractivity contribution in [3.63, 3.8) is 0 Å². The van der Waals surface area contributed by atoms with Gasteiger partial charge in [0, 0.05) is 13.1 Å². The molecular weight excluding hydrogens is 196 g/mol. The van der Waals surface area contributed by atoms with Crippen LogP contribution in [0.1, 0.15) is 40.0 Å². The number of allylic oxidation sites excluding steroid dienone is 2. The van der Waals surface area contributed by atoms with E-state index in [4.69, 9.17) is 0 Å². The maximum absolute atomic E-state index is 3.99. The van der Waals surface area contributed by atoms with Crippen LogP contribution in [-0.2, 0) is 0 Å². The number of hydrogen-bond donors (Lipinski definition) is 0. The molecule has 0 saturated carbocycles. The number of piperidine rings is 1. The molecule has 2 heteroatoms. The highest BCUT2D eigenvalue weighted by molar-refractivity contribution is 5.29. The maximum atomic E-state index is 3.99. The zero-order chi connectivity index (χ0) is 12.4. The smallest absolute Gasteiger partial charge is 0.127 e. The lowest BCUT2D eigenvalue weighted by Gasteiger charge is -2.31. The van der Waals surface area contributed by atoms with Crippen molar-refractivity contribution < 1.29 is 0 Å². The van der Waals surface area contributed by atoms with Crippen LogP contribution in [0.3, 0.4) is 0 Å². The van der Waals surface area contributed by atoms with Crippen molar-refractivity contribution in [3.05, 3.63) is 24.6 Å². The molecule has 1 rings (SSSR count). The first kappa shape index (κ1) is 14.9. The minimum atomic E-state index is 0.853. The van der Waals surface area contributed by atoms with Crippen molar-refractivity contribution in [1.29, 1.82) is 0 Å². The van der Waals surface area contributed by atoms with Crippen LogP contribution < -0.4 is 0 Å². The third kappa shape index (κ3) is 5.74. The minimum absolute atomic E-state index is 0.853. The van der Waals surface area contributed by atoms with Gasteiger partial charge in [-0.25, -0.2) is 4.99 Å². The fourth-order valence-corrected chi connectivity index (χ4v) is 1.60. The van der Waals surface area contributed by atoms with E-state index in [1.165, 1.54) is 19.3 Å². The fourth-order valence-electron chi connectivity index (χ4n) is 1.60. The Kier molecular flexibility index (Phi) is 8.59. The molecule has 0 amide bonds. The van der Waals surface area contributed by atoms with Crippen LogP contribution in [0.25, 0.3) is 0 Å². The molecule has 0 aromatic carbocycles. The van der Waals surface area contributed by atoms with Crippen molar-refractivity contribution in [2.24, 2.45) is 10.9 Å². The summed E-state index contributed by atoms with van der Waals surface area (Å²) in [6.07, 6.45) is 7.44. The molecule has 0 radical (unpaired) electrons. The molecule has 16 heavy (non-hydrogen) atoms. The highest BCUT2D eigenvalue weighted by Gasteiger charge is 2.16. The highest BCUT2D eigenvalue weighted by Crippen LogP contribution is 2.19. The average Bonchev–Trinajstić information content (AvgIpc) is 2.28. The van der Waals surface area contributed by atoms with Crippen LogP contribution in [0.15, 0.2) is 29.5 Å². The summed E-state index contributed by atoms with van der Waals surface area (Å²) in [5.74, 6) is 1.81. The van der Waals surface area contributed by atoms with Crippen LogP contribution in [0.5, 0.6) is 0 Å². The molecular formula is C14H26N2. The quantitative estimate of drug-likeness (QED) is 0.523. The first-order chi connectivity index (χ1) is 7.69. The van der Waals surface area contributed by atoms with Crippen molar-refractivity contribution in [3.8, 4) is 0 Å². The molecule has 0 bridgehead atoms. The van der Waals surface area contributed by atoms with E-state index in [9.17, 15) is 0 Å². The molecule has 1 aliphatic rings. The van der Waals surface area contributed by atoms with E-state index in [-0.39, 0.29) is 0 Å². The van der Waals surface area contributed by atoms with Crippen molar-refractivity contribution >= 4 is 6.72 Å². The minimum Gasteiger partial charge on any atom is -0.357 e. The second-order valence-electron chi connectivity index (χ2n) is 4.30. The summed E-state index contributed by atoms with van der Waals surface area (Å²) in [4.78, 5) is 6.26.